The number of aliphatic hydroxyl groups is 1. The number of hydrogen-bond donors (Lipinski definition) is 2. The fourth-order valence-corrected chi connectivity index (χ4v) is 5.13. The largest absolute Gasteiger partial charge is 0.508 e. The highest BCUT2D eigenvalue weighted by Gasteiger charge is 2.33. The molecule has 1 aromatic rings. The Morgan fingerprint density at radius 1 is 1.36 bits per heavy atom. The zero-order chi connectivity index (χ0) is 20.6. The topological polar surface area (TPSA) is 137 Å². The monoisotopic (exact) mass is 423 g/mol. The van der Waals surface area contributed by atoms with Crippen molar-refractivity contribution in [3.8, 4) is 0 Å². The molecule has 0 atom stereocenters. The van der Waals surface area contributed by atoms with Crippen molar-refractivity contribution < 1.29 is 27.9 Å². The normalized spacial score (nSPS) is 17.8. The minimum absolute atomic E-state index is 0.0726. The summed E-state index contributed by atoms with van der Waals surface area (Å²) in [6, 6.07) is 4.77. The highest BCUT2D eigenvalue weighted by molar-refractivity contribution is 8.15. The number of fused-ring (bicyclic) bond motifs is 3. The van der Waals surface area contributed by atoms with Crippen LogP contribution in [0.3, 0.4) is 0 Å². The van der Waals surface area contributed by atoms with Crippen LogP contribution in [0.2, 0.25) is 0 Å². The smallest absolute Gasteiger partial charge is 0.338 e. The average Bonchev–Trinajstić information content (AvgIpc) is 2.93. The van der Waals surface area contributed by atoms with E-state index in [1.807, 2.05) is 0 Å². The number of thioether (sulfide) groups is 1. The van der Waals surface area contributed by atoms with Crippen molar-refractivity contribution in [1.82, 2.24) is 0 Å². The first-order chi connectivity index (χ1) is 13.1. The second-order valence-corrected chi connectivity index (χ2v) is 8.94. The summed E-state index contributed by atoms with van der Waals surface area (Å²) in [7, 11) is -3.47. The zero-order valence-corrected chi connectivity index (χ0v) is 16.7. The molecule has 0 aromatic heterocycles. The average molecular weight is 423 g/mol. The van der Waals surface area contributed by atoms with Gasteiger partial charge in [-0.25, -0.2) is 13.2 Å². The van der Waals surface area contributed by atoms with Crippen molar-refractivity contribution in [2.75, 3.05) is 23.8 Å². The number of allylic oxidation sites excluding steroid dienone is 1. The SMILES string of the molecule is CC(=N)/C(C(C)=O)=C(/O)COC(=O)c1ccc2c(c1)SC1=NS(=O)(=O)CCN12. The van der Waals surface area contributed by atoms with Gasteiger partial charge in [-0.2, -0.15) is 0 Å². The van der Waals surface area contributed by atoms with E-state index in [2.05, 4.69) is 4.40 Å². The van der Waals surface area contributed by atoms with Crippen LogP contribution in [-0.4, -0.2) is 55.1 Å². The highest BCUT2D eigenvalue weighted by atomic mass is 32.2. The number of rotatable bonds is 5. The molecule has 0 bridgehead atoms. The van der Waals surface area contributed by atoms with Crippen molar-refractivity contribution in [1.29, 1.82) is 5.41 Å². The van der Waals surface area contributed by atoms with Crippen LogP contribution < -0.4 is 4.90 Å². The van der Waals surface area contributed by atoms with Gasteiger partial charge in [-0.1, -0.05) is 0 Å². The Labute approximate surface area is 165 Å². The molecule has 0 unspecified atom stereocenters. The predicted octanol–water partition coefficient (Wildman–Crippen LogP) is 1.90. The molecular weight excluding hydrogens is 406 g/mol. The number of amidine groups is 1. The van der Waals surface area contributed by atoms with Gasteiger partial charge in [-0.3, -0.25) is 4.79 Å². The number of esters is 1. The molecule has 2 aliphatic heterocycles. The van der Waals surface area contributed by atoms with Crippen LogP contribution in [0.15, 0.2) is 38.8 Å². The van der Waals surface area contributed by atoms with E-state index in [0.717, 1.165) is 17.4 Å². The maximum Gasteiger partial charge on any atom is 0.338 e. The number of sulfonamides is 1. The van der Waals surface area contributed by atoms with Gasteiger partial charge in [0.25, 0.3) is 10.0 Å². The van der Waals surface area contributed by atoms with Crippen molar-refractivity contribution in [2.24, 2.45) is 4.40 Å². The van der Waals surface area contributed by atoms with E-state index in [0.29, 0.717) is 16.6 Å². The van der Waals surface area contributed by atoms with Crippen molar-refractivity contribution in [3.63, 3.8) is 0 Å². The minimum Gasteiger partial charge on any atom is -0.508 e. The summed E-state index contributed by atoms with van der Waals surface area (Å²) in [5, 5.41) is 17.8. The van der Waals surface area contributed by atoms with E-state index >= 15 is 0 Å². The molecule has 28 heavy (non-hydrogen) atoms. The first kappa shape index (κ1) is 20.1. The van der Waals surface area contributed by atoms with Crippen LogP contribution in [0.4, 0.5) is 5.69 Å². The molecule has 11 heteroatoms. The third kappa shape index (κ3) is 3.94. The Bertz CT molecular complexity index is 1040. The van der Waals surface area contributed by atoms with Crippen molar-refractivity contribution >= 4 is 50.1 Å². The van der Waals surface area contributed by atoms with Gasteiger partial charge in [0.2, 0.25) is 0 Å². The molecule has 0 radical (unpaired) electrons. The first-order valence-electron chi connectivity index (χ1n) is 8.17. The van der Waals surface area contributed by atoms with Crippen LogP contribution >= 0.6 is 11.8 Å². The van der Waals surface area contributed by atoms with Gasteiger partial charge in [0.1, 0.15) is 12.4 Å². The van der Waals surface area contributed by atoms with Crippen molar-refractivity contribution in [3.05, 3.63) is 35.1 Å². The highest BCUT2D eigenvalue weighted by Crippen LogP contribution is 2.42. The van der Waals surface area contributed by atoms with Gasteiger partial charge in [0.15, 0.2) is 11.0 Å². The van der Waals surface area contributed by atoms with Gasteiger partial charge in [-0.15, -0.1) is 4.40 Å². The quantitative estimate of drug-likeness (QED) is 0.317. The van der Waals surface area contributed by atoms with Crippen LogP contribution in [0.25, 0.3) is 0 Å². The van der Waals surface area contributed by atoms with Crippen molar-refractivity contribution in [2.45, 2.75) is 18.7 Å². The lowest BCUT2D eigenvalue weighted by molar-refractivity contribution is -0.113. The number of carbonyl (C=O) groups is 2. The Morgan fingerprint density at radius 2 is 2.07 bits per heavy atom. The molecule has 2 N–H and O–H groups in total. The van der Waals surface area contributed by atoms with Crippen LogP contribution in [0.5, 0.6) is 0 Å². The van der Waals surface area contributed by atoms with E-state index in [1.54, 1.807) is 17.0 Å². The zero-order valence-electron chi connectivity index (χ0n) is 15.1. The van der Waals surface area contributed by atoms with Gasteiger partial charge in [0.05, 0.1) is 22.6 Å². The van der Waals surface area contributed by atoms with Gasteiger partial charge in [0, 0.05) is 17.2 Å². The fraction of sp³-hybridized carbons (Fsp3) is 0.294. The lowest BCUT2D eigenvalue weighted by Crippen LogP contribution is -2.35. The van der Waals surface area contributed by atoms with E-state index in [1.165, 1.54) is 19.9 Å². The van der Waals surface area contributed by atoms with Crippen LogP contribution in [0.1, 0.15) is 24.2 Å². The number of nitrogens with one attached hydrogen (secondary N) is 1. The molecule has 2 heterocycles. The van der Waals surface area contributed by atoms with Gasteiger partial charge in [-0.05, 0) is 43.8 Å². The summed E-state index contributed by atoms with van der Waals surface area (Å²) in [5.74, 6) is -1.78. The molecule has 0 amide bonds. The lowest BCUT2D eigenvalue weighted by atomic mass is 10.1. The molecule has 3 rings (SSSR count). The van der Waals surface area contributed by atoms with Crippen LogP contribution in [-0.2, 0) is 19.6 Å². The third-order valence-corrected chi connectivity index (χ3v) is 6.37. The molecule has 0 saturated heterocycles. The summed E-state index contributed by atoms with van der Waals surface area (Å²) in [5.41, 5.74) is 0.658. The van der Waals surface area contributed by atoms with E-state index in [-0.39, 0.29) is 22.6 Å². The number of aliphatic hydroxyl groups excluding tert-OH is 1. The Kier molecular flexibility index (Phi) is 5.31. The number of benzene rings is 1. The molecule has 1 aromatic carbocycles. The second-order valence-electron chi connectivity index (χ2n) is 6.18. The third-order valence-electron chi connectivity index (χ3n) is 4.06. The molecule has 2 aliphatic rings. The number of nitrogens with zero attached hydrogens (tertiary/aromatic N) is 2. The maximum atomic E-state index is 12.3. The summed E-state index contributed by atoms with van der Waals surface area (Å²) < 4.78 is 32.1. The van der Waals surface area contributed by atoms with Crippen LogP contribution in [0, 0.1) is 5.41 Å². The number of carbonyl (C=O) groups excluding carboxylic acids is 2. The molecule has 148 valence electrons. The second kappa shape index (κ2) is 7.40. The van der Waals surface area contributed by atoms with Gasteiger partial charge < -0.3 is 20.2 Å². The molecular formula is C17H17N3O6S2. The maximum absolute atomic E-state index is 12.3. The summed E-state index contributed by atoms with van der Waals surface area (Å²) in [6.45, 7) is 2.32. The number of ether oxygens (including phenoxy) is 1. The minimum atomic E-state index is -3.47. The summed E-state index contributed by atoms with van der Waals surface area (Å²) >= 11 is 1.15. The molecule has 0 aliphatic carbocycles. The molecule has 0 saturated carbocycles. The molecule has 9 nitrogen and oxygen atoms in total. The standard InChI is InChI=1S/C17H17N3O6S2/c1-9(18)15(10(2)21)13(22)8-26-16(23)11-3-4-12-14(7-11)27-17-19-28(24,25)6-5-20(12)17/h3-4,7,18,22H,5-6,8H2,1-2H3/b15-13-,18-9?. The predicted molar refractivity (Wildman–Crippen MR) is 105 cm³/mol. The number of anilines is 1. The van der Waals surface area contributed by atoms with E-state index in [9.17, 15) is 23.1 Å². The number of hydrogen-bond acceptors (Lipinski definition) is 9. The fourth-order valence-electron chi connectivity index (χ4n) is 2.83. The van der Waals surface area contributed by atoms with Gasteiger partial charge >= 0.3 is 5.97 Å². The first-order valence-corrected chi connectivity index (χ1v) is 10.6. The van der Waals surface area contributed by atoms with E-state index < -0.39 is 34.1 Å². The number of Topliss-reactive ketones (excluding diaryl/α,β-unsaturated/α-hetero) is 1. The Hall–Kier alpha value is -2.66. The Morgan fingerprint density at radius 3 is 2.71 bits per heavy atom. The Balaban J connectivity index is 1.77. The lowest BCUT2D eigenvalue weighted by Gasteiger charge is -2.22. The summed E-state index contributed by atoms with van der Waals surface area (Å²) in [4.78, 5) is 26.2. The summed E-state index contributed by atoms with van der Waals surface area (Å²) in [6.07, 6.45) is 0. The van der Waals surface area contributed by atoms with E-state index in [4.69, 9.17) is 10.1 Å². The molecule has 0 spiro atoms. The molecule has 0 fully saturated rings. The number of ketones is 1.